The van der Waals surface area contributed by atoms with Gasteiger partial charge in [0.05, 0.1) is 19.8 Å². The number of benzene rings is 2. The fourth-order valence-corrected chi connectivity index (χ4v) is 5.90. The van der Waals surface area contributed by atoms with E-state index < -0.39 is 0 Å². The first-order valence-electron chi connectivity index (χ1n) is 10.3. The molecule has 1 spiro atoms. The Hall–Kier alpha value is -2.66. The molecule has 0 aromatic heterocycles. The van der Waals surface area contributed by atoms with Gasteiger partial charge in [0.25, 0.3) is 0 Å². The lowest BCUT2D eigenvalue weighted by Crippen LogP contribution is -2.53. The average molecular weight is 391 g/mol. The molecular weight excluding hydrogens is 366 g/mol. The van der Waals surface area contributed by atoms with Crippen LogP contribution in [0.25, 0.3) is 0 Å². The van der Waals surface area contributed by atoms with Crippen LogP contribution in [0.5, 0.6) is 23.0 Å². The average Bonchev–Trinajstić information content (AvgIpc) is 3.41. The van der Waals surface area contributed by atoms with Crippen molar-refractivity contribution in [1.29, 1.82) is 0 Å². The lowest BCUT2D eigenvalue weighted by molar-refractivity contribution is 0.0228. The third kappa shape index (κ3) is 2.25. The molecule has 2 aromatic carbocycles. The molecule has 6 rings (SSSR count). The van der Waals surface area contributed by atoms with Gasteiger partial charge in [0.15, 0.2) is 23.0 Å². The molecule has 0 bridgehead atoms. The fraction of sp³-hybridized carbons (Fsp3) is 0.417. The van der Waals surface area contributed by atoms with E-state index in [0.717, 1.165) is 55.2 Å². The minimum atomic E-state index is -0.0772. The highest BCUT2D eigenvalue weighted by molar-refractivity contribution is 5.59. The lowest BCUT2D eigenvalue weighted by atomic mass is 9.72. The maximum absolute atomic E-state index is 5.92. The van der Waals surface area contributed by atoms with Gasteiger partial charge in [0, 0.05) is 18.2 Å². The molecule has 2 aromatic rings. The zero-order chi connectivity index (χ0) is 19.6. The minimum Gasteiger partial charge on any atom is -0.493 e. The van der Waals surface area contributed by atoms with Crippen LogP contribution in [0, 0.1) is 0 Å². The maximum atomic E-state index is 5.92. The Morgan fingerprint density at radius 1 is 1.00 bits per heavy atom. The third-order valence-corrected chi connectivity index (χ3v) is 7.13. The Morgan fingerprint density at radius 2 is 1.79 bits per heavy atom. The van der Waals surface area contributed by atoms with Crippen LogP contribution < -0.4 is 18.9 Å². The molecule has 5 nitrogen and oxygen atoms in total. The first-order valence-corrected chi connectivity index (χ1v) is 10.3. The van der Waals surface area contributed by atoms with Gasteiger partial charge in [-0.1, -0.05) is 18.2 Å². The number of ether oxygens (including phenoxy) is 4. The van der Waals surface area contributed by atoms with Gasteiger partial charge in [-0.05, 0) is 60.6 Å². The molecule has 0 saturated carbocycles. The summed E-state index contributed by atoms with van der Waals surface area (Å²) in [5, 5.41) is 0. The Kier molecular flexibility index (Phi) is 3.66. The number of nitrogens with zero attached hydrogens (tertiary/aromatic N) is 1. The first kappa shape index (κ1) is 17.2. The molecule has 0 N–H and O–H groups in total. The van der Waals surface area contributed by atoms with Crippen molar-refractivity contribution in [3.05, 3.63) is 58.7 Å². The fourth-order valence-electron chi connectivity index (χ4n) is 5.90. The summed E-state index contributed by atoms with van der Waals surface area (Å²) in [6, 6.07) is 9.02. The van der Waals surface area contributed by atoms with Crippen LogP contribution in [0.15, 0.2) is 36.4 Å². The van der Waals surface area contributed by atoms with E-state index >= 15 is 0 Å². The molecule has 29 heavy (non-hydrogen) atoms. The number of hydrogen-bond acceptors (Lipinski definition) is 5. The van der Waals surface area contributed by atoms with Crippen LogP contribution in [0.3, 0.4) is 0 Å². The molecule has 1 atom stereocenters. The standard InChI is InChI=1S/C24H25NO4/c1-26-19-6-5-16-11-18-17-13-21-20(28-14-29-21)12-15(17)7-10-25(18)24(8-3-4-9-24)22(16)23(19)27-2/h3-6,12-13,18H,7-11,14H2,1-2H3. The molecule has 4 aliphatic rings. The monoisotopic (exact) mass is 391 g/mol. The Balaban J connectivity index is 1.55. The van der Waals surface area contributed by atoms with Gasteiger partial charge in [0.2, 0.25) is 6.79 Å². The molecule has 3 aliphatic heterocycles. The Morgan fingerprint density at radius 3 is 2.55 bits per heavy atom. The van der Waals surface area contributed by atoms with Crippen molar-refractivity contribution in [1.82, 2.24) is 4.90 Å². The molecule has 0 amide bonds. The van der Waals surface area contributed by atoms with Gasteiger partial charge in [-0.3, -0.25) is 4.90 Å². The maximum Gasteiger partial charge on any atom is 0.231 e. The van der Waals surface area contributed by atoms with Crippen molar-refractivity contribution in [2.75, 3.05) is 27.6 Å². The van der Waals surface area contributed by atoms with Crippen molar-refractivity contribution in [2.45, 2.75) is 37.3 Å². The van der Waals surface area contributed by atoms with Gasteiger partial charge in [0.1, 0.15) is 0 Å². The highest BCUT2D eigenvalue weighted by Crippen LogP contribution is 2.57. The molecule has 0 fully saturated rings. The topological polar surface area (TPSA) is 40.2 Å². The van der Waals surface area contributed by atoms with Crippen molar-refractivity contribution in [3.8, 4) is 23.0 Å². The van der Waals surface area contributed by atoms with Crippen molar-refractivity contribution in [3.63, 3.8) is 0 Å². The third-order valence-electron chi connectivity index (χ3n) is 7.13. The van der Waals surface area contributed by atoms with Crippen LogP contribution in [0.1, 0.15) is 41.1 Å². The Bertz CT molecular complexity index is 1020. The molecular formula is C24H25NO4. The minimum absolute atomic E-state index is 0.0772. The molecule has 1 aliphatic carbocycles. The van der Waals surface area contributed by atoms with E-state index in [0.29, 0.717) is 12.8 Å². The van der Waals surface area contributed by atoms with Crippen LogP contribution in [0.2, 0.25) is 0 Å². The summed E-state index contributed by atoms with van der Waals surface area (Å²) in [4.78, 5) is 2.71. The van der Waals surface area contributed by atoms with Crippen LogP contribution in [-0.2, 0) is 18.4 Å². The highest BCUT2D eigenvalue weighted by atomic mass is 16.7. The molecule has 1 unspecified atom stereocenters. The smallest absolute Gasteiger partial charge is 0.231 e. The predicted molar refractivity (Wildman–Crippen MR) is 109 cm³/mol. The lowest BCUT2D eigenvalue weighted by Gasteiger charge is -2.53. The van der Waals surface area contributed by atoms with E-state index in [1.54, 1.807) is 14.2 Å². The number of fused-ring (bicyclic) bond motifs is 7. The molecule has 0 saturated heterocycles. The Labute approximate surface area is 170 Å². The van der Waals surface area contributed by atoms with Crippen molar-refractivity contribution in [2.24, 2.45) is 0 Å². The largest absolute Gasteiger partial charge is 0.493 e. The van der Waals surface area contributed by atoms with E-state index in [9.17, 15) is 0 Å². The second-order valence-electron chi connectivity index (χ2n) is 8.31. The van der Waals surface area contributed by atoms with E-state index in [1.165, 1.54) is 22.3 Å². The van der Waals surface area contributed by atoms with Gasteiger partial charge < -0.3 is 18.9 Å². The highest BCUT2D eigenvalue weighted by Gasteiger charge is 2.51. The molecule has 3 heterocycles. The molecule has 0 radical (unpaired) electrons. The summed E-state index contributed by atoms with van der Waals surface area (Å²) >= 11 is 0. The zero-order valence-corrected chi connectivity index (χ0v) is 16.9. The summed E-state index contributed by atoms with van der Waals surface area (Å²) in [5.41, 5.74) is 5.36. The van der Waals surface area contributed by atoms with Gasteiger partial charge >= 0.3 is 0 Å². The van der Waals surface area contributed by atoms with Crippen LogP contribution in [-0.4, -0.2) is 32.5 Å². The quantitative estimate of drug-likeness (QED) is 0.720. The predicted octanol–water partition coefficient (Wildman–Crippen LogP) is 4.13. The number of rotatable bonds is 2. The van der Waals surface area contributed by atoms with E-state index in [4.69, 9.17) is 18.9 Å². The summed E-state index contributed by atoms with van der Waals surface area (Å²) in [7, 11) is 3.47. The van der Waals surface area contributed by atoms with E-state index in [1.807, 2.05) is 6.07 Å². The van der Waals surface area contributed by atoms with Gasteiger partial charge in [-0.2, -0.15) is 0 Å². The van der Waals surface area contributed by atoms with Crippen LogP contribution in [0.4, 0.5) is 0 Å². The summed E-state index contributed by atoms with van der Waals surface area (Å²) in [6.45, 7) is 1.35. The first-order chi connectivity index (χ1) is 14.2. The van der Waals surface area contributed by atoms with E-state index in [2.05, 4.69) is 35.3 Å². The summed E-state index contributed by atoms with van der Waals surface area (Å²) < 4.78 is 22.9. The number of methoxy groups -OCH3 is 2. The van der Waals surface area contributed by atoms with Crippen molar-refractivity contribution >= 4 is 0 Å². The van der Waals surface area contributed by atoms with E-state index in [-0.39, 0.29) is 5.54 Å². The molecule has 150 valence electrons. The van der Waals surface area contributed by atoms with Gasteiger partial charge in [-0.15, -0.1) is 0 Å². The number of hydrogen-bond donors (Lipinski definition) is 0. The SMILES string of the molecule is COc1ccc2c(c1OC)C1(CC=CC1)N1CCc3cc4c(cc3C1C2)OCO4. The molecule has 5 heteroatoms. The van der Waals surface area contributed by atoms with Gasteiger partial charge in [-0.25, -0.2) is 0 Å². The second-order valence-corrected chi connectivity index (χ2v) is 8.31. The van der Waals surface area contributed by atoms with Crippen molar-refractivity contribution < 1.29 is 18.9 Å². The summed E-state index contributed by atoms with van der Waals surface area (Å²) in [5.74, 6) is 3.47. The normalized spacial score (nSPS) is 22.9. The summed E-state index contributed by atoms with van der Waals surface area (Å²) in [6.07, 6.45) is 8.62. The van der Waals surface area contributed by atoms with Crippen LogP contribution >= 0.6 is 0 Å². The second kappa shape index (κ2) is 6.17. The zero-order valence-electron chi connectivity index (χ0n) is 16.9.